The van der Waals surface area contributed by atoms with Crippen molar-refractivity contribution in [1.82, 2.24) is 24.1 Å². The van der Waals surface area contributed by atoms with Crippen LogP contribution < -0.4 is 26.1 Å². The first kappa shape index (κ1) is 21.5. The number of rotatable bonds is 6. The third-order valence-corrected chi connectivity index (χ3v) is 4.38. The predicted octanol–water partition coefficient (Wildman–Crippen LogP) is -0.482. The van der Waals surface area contributed by atoms with Crippen molar-refractivity contribution in [3.8, 4) is 11.5 Å². The van der Waals surface area contributed by atoms with Crippen molar-refractivity contribution >= 4 is 29.3 Å². The van der Waals surface area contributed by atoms with E-state index >= 15 is 0 Å². The van der Waals surface area contributed by atoms with Crippen molar-refractivity contribution in [3.63, 3.8) is 0 Å². The minimum absolute atomic E-state index is 0.134. The van der Waals surface area contributed by atoms with Gasteiger partial charge in [-0.25, -0.2) is 15.2 Å². The Morgan fingerprint density at radius 1 is 1.19 bits per heavy atom. The molecule has 0 radical (unpaired) electrons. The number of ether oxygens (including phenoxy) is 2. The predicted molar refractivity (Wildman–Crippen MR) is 110 cm³/mol. The van der Waals surface area contributed by atoms with Crippen LogP contribution in [0.2, 0.25) is 0 Å². The Kier molecular flexibility index (Phi) is 6.00. The molecule has 1 aromatic carbocycles. The third kappa shape index (κ3) is 4.37. The number of hydrazone groups is 1. The number of amides is 1. The number of imidazole rings is 1. The van der Waals surface area contributed by atoms with Gasteiger partial charge in [0.05, 0.1) is 19.7 Å². The number of carbonyl (C=O) groups is 2. The standard InChI is InChI=1S/C19H20N6O6/c1-11(26)31-13-6-5-12(7-14(13)30-4)8-21-22-15(27)9-25-10-20-17-16(25)18(28)24(3)19(29)23(17)2/h5-8,10H,9H2,1-4H3,(H,22,27)/b21-8+. The molecule has 0 aliphatic rings. The van der Waals surface area contributed by atoms with Crippen LogP contribution in [-0.2, 0) is 30.2 Å². The summed E-state index contributed by atoms with van der Waals surface area (Å²) in [6.07, 6.45) is 2.69. The Labute approximate surface area is 175 Å². The average molecular weight is 428 g/mol. The maximum Gasteiger partial charge on any atom is 0.332 e. The number of benzene rings is 1. The molecule has 0 bridgehead atoms. The summed E-state index contributed by atoms with van der Waals surface area (Å²) >= 11 is 0. The van der Waals surface area contributed by atoms with Gasteiger partial charge in [0.15, 0.2) is 22.7 Å². The molecule has 0 atom stereocenters. The molecule has 12 nitrogen and oxygen atoms in total. The molecule has 31 heavy (non-hydrogen) atoms. The fraction of sp³-hybridized carbons (Fsp3) is 0.263. The molecule has 1 N–H and O–H groups in total. The highest BCUT2D eigenvalue weighted by Crippen LogP contribution is 2.27. The quantitative estimate of drug-likeness (QED) is 0.242. The van der Waals surface area contributed by atoms with Crippen molar-refractivity contribution in [3.05, 3.63) is 50.9 Å². The maximum absolute atomic E-state index is 12.4. The van der Waals surface area contributed by atoms with Gasteiger partial charge in [0.1, 0.15) is 6.54 Å². The summed E-state index contributed by atoms with van der Waals surface area (Å²) in [5.74, 6) is -0.389. The summed E-state index contributed by atoms with van der Waals surface area (Å²) in [6.45, 7) is 1.05. The molecule has 0 saturated heterocycles. The van der Waals surface area contributed by atoms with Crippen LogP contribution in [0.4, 0.5) is 0 Å². The van der Waals surface area contributed by atoms with E-state index in [1.807, 2.05) is 0 Å². The SMILES string of the molecule is COc1cc(/C=N/NC(=O)Cn2cnc3c2c(=O)n(C)c(=O)n3C)ccc1OC(C)=O. The normalized spacial score (nSPS) is 11.1. The van der Waals surface area contributed by atoms with Gasteiger partial charge in [0, 0.05) is 21.0 Å². The Morgan fingerprint density at radius 3 is 2.61 bits per heavy atom. The molecule has 3 aromatic rings. The van der Waals surface area contributed by atoms with Crippen LogP contribution in [0.1, 0.15) is 12.5 Å². The smallest absolute Gasteiger partial charge is 0.332 e. The van der Waals surface area contributed by atoms with Crippen molar-refractivity contribution in [1.29, 1.82) is 0 Å². The van der Waals surface area contributed by atoms with Crippen LogP contribution in [-0.4, -0.2) is 43.9 Å². The van der Waals surface area contributed by atoms with Gasteiger partial charge in [-0.05, 0) is 23.8 Å². The molecule has 1 amide bonds. The lowest BCUT2D eigenvalue weighted by Crippen LogP contribution is -2.38. The highest BCUT2D eigenvalue weighted by Gasteiger charge is 2.15. The zero-order valence-corrected chi connectivity index (χ0v) is 17.3. The molecule has 0 aliphatic heterocycles. The van der Waals surface area contributed by atoms with Crippen molar-refractivity contribution < 1.29 is 19.1 Å². The number of nitrogens with zero attached hydrogens (tertiary/aromatic N) is 5. The zero-order valence-electron chi connectivity index (χ0n) is 17.3. The Hall–Kier alpha value is -4.22. The van der Waals surface area contributed by atoms with E-state index in [4.69, 9.17) is 9.47 Å². The largest absolute Gasteiger partial charge is 0.493 e. The molecule has 2 aromatic heterocycles. The molecule has 12 heteroatoms. The summed E-state index contributed by atoms with van der Waals surface area (Å²) in [5, 5.41) is 3.88. The summed E-state index contributed by atoms with van der Waals surface area (Å²) < 4.78 is 13.7. The number of nitrogens with one attached hydrogen (secondary N) is 1. The Morgan fingerprint density at radius 2 is 1.94 bits per heavy atom. The van der Waals surface area contributed by atoms with Crippen molar-refractivity contribution in [2.75, 3.05) is 7.11 Å². The van der Waals surface area contributed by atoms with Crippen LogP contribution in [0.15, 0.2) is 39.2 Å². The first-order chi connectivity index (χ1) is 14.7. The van der Waals surface area contributed by atoms with Gasteiger partial charge in [-0.1, -0.05) is 0 Å². The Balaban J connectivity index is 1.74. The molecular weight excluding hydrogens is 408 g/mol. The second-order valence-corrected chi connectivity index (χ2v) is 6.55. The van der Waals surface area contributed by atoms with E-state index in [0.29, 0.717) is 11.3 Å². The van der Waals surface area contributed by atoms with Crippen LogP contribution in [0.3, 0.4) is 0 Å². The fourth-order valence-electron chi connectivity index (χ4n) is 2.89. The summed E-state index contributed by atoms with van der Waals surface area (Å²) in [4.78, 5) is 51.8. The van der Waals surface area contributed by atoms with E-state index < -0.39 is 23.1 Å². The first-order valence-corrected chi connectivity index (χ1v) is 9.02. The lowest BCUT2D eigenvalue weighted by atomic mass is 10.2. The van der Waals surface area contributed by atoms with Crippen LogP contribution in [0.25, 0.3) is 11.2 Å². The van der Waals surface area contributed by atoms with Gasteiger partial charge in [0.2, 0.25) is 0 Å². The van der Waals surface area contributed by atoms with Crippen LogP contribution in [0.5, 0.6) is 11.5 Å². The van der Waals surface area contributed by atoms with Crippen molar-refractivity contribution in [2.45, 2.75) is 13.5 Å². The molecular formula is C19H20N6O6. The monoisotopic (exact) mass is 428 g/mol. The van der Waals surface area contributed by atoms with Crippen molar-refractivity contribution in [2.24, 2.45) is 19.2 Å². The summed E-state index contributed by atoms with van der Waals surface area (Å²) in [7, 11) is 4.28. The minimum atomic E-state index is -0.549. The van der Waals surface area contributed by atoms with Crippen LogP contribution >= 0.6 is 0 Å². The molecule has 2 heterocycles. The molecule has 0 spiro atoms. The van der Waals surface area contributed by atoms with Gasteiger partial charge < -0.3 is 14.0 Å². The van der Waals surface area contributed by atoms with Gasteiger partial charge in [0.25, 0.3) is 11.5 Å². The number of fused-ring (bicyclic) bond motifs is 1. The van der Waals surface area contributed by atoms with E-state index in [1.165, 1.54) is 49.8 Å². The first-order valence-electron chi connectivity index (χ1n) is 9.02. The summed E-state index contributed by atoms with van der Waals surface area (Å²) in [5.41, 5.74) is 2.21. The number of aryl methyl sites for hydroxylation is 1. The maximum atomic E-state index is 12.4. The lowest BCUT2D eigenvalue weighted by Gasteiger charge is -2.08. The molecule has 0 unspecified atom stereocenters. The highest BCUT2D eigenvalue weighted by atomic mass is 16.6. The minimum Gasteiger partial charge on any atom is -0.493 e. The molecule has 0 saturated carbocycles. The number of hydrogen-bond donors (Lipinski definition) is 1. The zero-order chi connectivity index (χ0) is 22.7. The Bertz CT molecular complexity index is 1320. The van der Waals surface area contributed by atoms with E-state index in [2.05, 4.69) is 15.5 Å². The van der Waals surface area contributed by atoms with Gasteiger partial charge in [-0.15, -0.1) is 0 Å². The molecule has 0 fully saturated rings. The number of methoxy groups -OCH3 is 1. The number of aromatic nitrogens is 4. The average Bonchev–Trinajstić information content (AvgIpc) is 3.14. The molecule has 162 valence electrons. The number of esters is 1. The van der Waals surface area contributed by atoms with Gasteiger partial charge >= 0.3 is 11.7 Å². The summed E-state index contributed by atoms with van der Waals surface area (Å²) in [6, 6.07) is 4.76. The highest BCUT2D eigenvalue weighted by molar-refractivity contribution is 5.84. The van der Waals surface area contributed by atoms with Crippen LogP contribution in [0, 0.1) is 0 Å². The fourth-order valence-corrected chi connectivity index (χ4v) is 2.89. The third-order valence-electron chi connectivity index (χ3n) is 4.38. The molecule has 3 rings (SSSR count). The molecule has 0 aliphatic carbocycles. The lowest BCUT2D eigenvalue weighted by molar-refractivity contribution is -0.132. The van der Waals surface area contributed by atoms with E-state index in [9.17, 15) is 19.2 Å². The number of carbonyl (C=O) groups excluding carboxylic acids is 2. The van der Waals surface area contributed by atoms with Gasteiger partial charge in [-0.3, -0.25) is 23.5 Å². The second-order valence-electron chi connectivity index (χ2n) is 6.55. The number of hydrogen-bond acceptors (Lipinski definition) is 8. The van der Waals surface area contributed by atoms with E-state index in [0.717, 1.165) is 4.57 Å². The van der Waals surface area contributed by atoms with Gasteiger partial charge in [-0.2, -0.15) is 5.10 Å². The van der Waals surface area contributed by atoms with E-state index in [-0.39, 0.29) is 23.5 Å². The second kappa shape index (κ2) is 8.65. The topological polar surface area (TPSA) is 139 Å². The van der Waals surface area contributed by atoms with E-state index in [1.54, 1.807) is 18.2 Å².